The maximum absolute atomic E-state index is 13.1. The van der Waals surface area contributed by atoms with E-state index in [1.807, 2.05) is 18.2 Å². The Morgan fingerprint density at radius 2 is 1.98 bits per heavy atom. The summed E-state index contributed by atoms with van der Waals surface area (Å²) in [5.41, 5.74) is 3.20. The smallest absolute Gasteiger partial charge is 0.370 e. The summed E-state index contributed by atoms with van der Waals surface area (Å²) < 4.78 is 41.8. The van der Waals surface area contributed by atoms with Crippen molar-refractivity contribution in [1.29, 1.82) is 0 Å². The fourth-order valence-corrected chi connectivity index (χ4v) is 5.45. The summed E-state index contributed by atoms with van der Waals surface area (Å²) in [6.07, 6.45) is 0.951. The maximum atomic E-state index is 13.1. The molecule has 0 radical (unpaired) electrons. The van der Waals surface area contributed by atoms with Gasteiger partial charge in [0, 0.05) is 37.0 Å². The van der Waals surface area contributed by atoms with Crippen LogP contribution in [0.2, 0.25) is 0 Å². The molecule has 2 amide bonds. The molecule has 1 unspecified atom stereocenters. The van der Waals surface area contributed by atoms with Gasteiger partial charge in [-0.2, -0.15) is 22.8 Å². The summed E-state index contributed by atoms with van der Waals surface area (Å²) >= 11 is 3.56. The number of piperidine rings is 1. The lowest BCUT2D eigenvalue weighted by Crippen LogP contribution is -2.44. The van der Waals surface area contributed by atoms with Crippen molar-refractivity contribution in [1.82, 2.24) is 19.5 Å². The molecule has 0 bridgehead atoms. The average Bonchev–Trinajstić information content (AvgIpc) is 3.32. The highest BCUT2D eigenvalue weighted by Crippen LogP contribution is 2.31. The molecule has 1 saturated heterocycles. The van der Waals surface area contributed by atoms with Crippen LogP contribution in [-0.2, 0) is 12.6 Å². The van der Waals surface area contributed by atoms with Crippen LogP contribution in [0.3, 0.4) is 0 Å². The van der Waals surface area contributed by atoms with Crippen molar-refractivity contribution >= 4 is 39.1 Å². The number of anilines is 2. The molecule has 1 aliphatic rings. The van der Waals surface area contributed by atoms with E-state index in [2.05, 4.69) is 50.7 Å². The summed E-state index contributed by atoms with van der Waals surface area (Å²) in [5, 5.41) is 10.6. The molecule has 1 atom stereocenters. The number of urea groups is 1. The minimum Gasteiger partial charge on any atom is -0.370 e. The molecule has 5 rings (SSSR count). The van der Waals surface area contributed by atoms with Crippen LogP contribution in [0.15, 0.2) is 65.3 Å². The first kappa shape index (κ1) is 27.9. The topological polar surface area (TPSA) is 74.6 Å². The van der Waals surface area contributed by atoms with Crippen LogP contribution in [0.4, 0.5) is 29.5 Å². The van der Waals surface area contributed by atoms with E-state index in [1.165, 1.54) is 17.7 Å². The van der Waals surface area contributed by atoms with Crippen LogP contribution in [0.25, 0.3) is 16.9 Å². The van der Waals surface area contributed by atoms with Gasteiger partial charge < -0.3 is 15.5 Å². The number of alkyl halides is 3. The van der Waals surface area contributed by atoms with Gasteiger partial charge in [-0.05, 0) is 64.9 Å². The number of nitrogens with zero attached hydrogens (tertiary/aromatic N) is 4. The highest BCUT2D eigenvalue weighted by atomic mass is 79.9. The van der Waals surface area contributed by atoms with Gasteiger partial charge in [0.1, 0.15) is 5.82 Å². The van der Waals surface area contributed by atoms with Crippen molar-refractivity contribution in [2.45, 2.75) is 38.8 Å². The van der Waals surface area contributed by atoms with E-state index in [4.69, 9.17) is 4.98 Å². The Balaban J connectivity index is 1.30. The molecule has 0 saturated carbocycles. The average molecular weight is 615 g/mol. The number of rotatable bonds is 7. The summed E-state index contributed by atoms with van der Waals surface area (Å²) in [4.78, 5) is 19.4. The summed E-state index contributed by atoms with van der Waals surface area (Å²) in [6, 6.07) is 14.6. The van der Waals surface area contributed by atoms with Crippen molar-refractivity contribution in [2.24, 2.45) is 5.92 Å². The Kier molecular flexibility index (Phi) is 8.30. The number of carbonyl (C=O) groups excluding carboxylic acids is 1. The second-order valence-electron chi connectivity index (χ2n) is 10.0. The number of benzene rings is 2. The van der Waals surface area contributed by atoms with Crippen molar-refractivity contribution in [3.8, 4) is 11.3 Å². The van der Waals surface area contributed by atoms with Crippen LogP contribution in [0.5, 0.6) is 0 Å². The van der Waals surface area contributed by atoms with Crippen molar-refractivity contribution in [3.63, 3.8) is 0 Å². The number of halogens is 4. The van der Waals surface area contributed by atoms with Crippen LogP contribution >= 0.6 is 15.9 Å². The van der Waals surface area contributed by atoms with Gasteiger partial charge in [-0.25, -0.2) is 9.78 Å². The molecule has 1 fully saturated rings. The molecular formula is C29H30BrF3N6O. The van der Waals surface area contributed by atoms with Gasteiger partial charge in [-0.3, -0.25) is 0 Å². The van der Waals surface area contributed by atoms with E-state index in [1.54, 1.807) is 15.6 Å². The fraction of sp³-hybridized carbons (Fsp3) is 0.345. The third kappa shape index (κ3) is 6.24. The lowest BCUT2D eigenvalue weighted by molar-refractivity contribution is -0.137. The summed E-state index contributed by atoms with van der Waals surface area (Å²) in [6.45, 7) is 3.79. The molecule has 2 aromatic heterocycles. The molecule has 210 valence electrons. The van der Waals surface area contributed by atoms with Crippen LogP contribution in [-0.4, -0.2) is 45.2 Å². The first-order valence-corrected chi connectivity index (χ1v) is 14.1. The highest BCUT2D eigenvalue weighted by molar-refractivity contribution is 9.10. The van der Waals surface area contributed by atoms with Gasteiger partial charge in [0.2, 0.25) is 0 Å². The molecular weight excluding hydrogens is 585 g/mol. The van der Waals surface area contributed by atoms with Gasteiger partial charge in [-0.15, -0.1) is 0 Å². The van der Waals surface area contributed by atoms with Crippen molar-refractivity contribution in [3.05, 3.63) is 76.4 Å². The van der Waals surface area contributed by atoms with Crippen LogP contribution in [0, 0.1) is 5.92 Å². The molecule has 3 heterocycles. The first-order chi connectivity index (χ1) is 19.2. The minimum absolute atomic E-state index is 0.124. The number of aromatic nitrogens is 3. The number of hydrogen-bond donors (Lipinski definition) is 2. The number of amides is 2. The largest absolute Gasteiger partial charge is 0.416 e. The Hall–Kier alpha value is -3.60. The van der Waals surface area contributed by atoms with Crippen LogP contribution < -0.4 is 10.6 Å². The number of aryl methyl sites for hydroxylation is 1. The molecule has 0 aliphatic carbocycles. The van der Waals surface area contributed by atoms with Crippen LogP contribution in [0.1, 0.15) is 37.3 Å². The number of likely N-dealkylation sites (tertiary alicyclic amines) is 1. The van der Waals surface area contributed by atoms with E-state index < -0.39 is 17.8 Å². The highest BCUT2D eigenvalue weighted by Gasteiger charge is 2.31. The predicted molar refractivity (Wildman–Crippen MR) is 153 cm³/mol. The number of hydrogen-bond acceptors (Lipinski definition) is 4. The molecule has 2 aromatic carbocycles. The molecule has 11 heteroatoms. The van der Waals surface area contributed by atoms with E-state index in [0.29, 0.717) is 25.3 Å². The number of carbonyl (C=O) groups is 1. The second-order valence-corrected chi connectivity index (χ2v) is 10.9. The Morgan fingerprint density at radius 1 is 1.15 bits per heavy atom. The van der Waals surface area contributed by atoms with E-state index >= 15 is 0 Å². The summed E-state index contributed by atoms with van der Waals surface area (Å²) in [7, 11) is 0. The lowest BCUT2D eigenvalue weighted by Gasteiger charge is -2.33. The fourth-order valence-electron chi connectivity index (χ4n) is 5.10. The maximum Gasteiger partial charge on any atom is 0.416 e. The summed E-state index contributed by atoms with van der Waals surface area (Å²) in [5.74, 6) is 0.946. The third-order valence-electron chi connectivity index (χ3n) is 7.06. The SMILES string of the molecule is CCCc1ccccc1-c1cc(NCC2CCCN(C(=O)Nc3cccc(C(F)(F)F)c3)C2)n2ncc(Br)c2n1. The van der Waals surface area contributed by atoms with E-state index in [-0.39, 0.29) is 11.6 Å². The van der Waals surface area contributed by atoms with Crippen molar-refractivity contribution < 1.29 is 18.0 Å². The van der Waals surface area contributed by atoms with E-state index in [9.17, 15) is 18.0 Å². The standard InChI is InChI=1S/C29H30BrF3N6O/c1-2-7-20-9-3-4-12-23(20)25-15-26(39-27(37-25)24(30)17-35-39)34-16-19-8-6-13-38(18-19)28(40)36-22-11-5-10-21(14-22)29(31,32)33/h3-5,9-12,14-15,17,19,34H,2,6-8,13,16,18H2,1H3,(H,36,40). The zero-order chi connectivity index (χ0) is 28.3. The molecule has 1 aliphatic heterocycles. The number of nitrogens with one attached hydrogen (secondary N) is 2. The minimum atomic E-state index is -4.47. The van der Waals surface area contributed by atoms with Gasteiger partial charge in [0.25, 0.3) is 0 Å². The zero-order valence-electron chi connectivity index (χ0n) is 22.0. The Labute approximate surface area is 238 Å². The lowest BCUT2D eigenvalue weighted by atomic mass is 9.98. The Morgan fingerprint density at radius 3 is 2.77 bits per heavy atom. The number of fused-ring (bicyclic) bond motifs is 1. The molecule has 4 aromatic rings. The molecule has 2 N–H and O–H groups in total. The second kappa shape index (κ2) is 11.9. The first-order valence-electron chi connectivity index (χ1n) is 13.3. The Bertz CT molecular complexity index is 1500. The molecule has 0 spiro atoms. The van der Waals surface area contributed by atoms with Gasteiger partial charge in [0.15, 0.2) is 5.65 Å². The zero-order valence-corrected chi connectivity index (χ0v) is 23.6. The van der Waals surface area contributed by atoms with Gasteiger partial charge in [0.05, 0.1) is 21.9 Å². The predicted octanol–water partition coefficient (Wildman–Crippen LogP) is 7.49. The van der Waals surface area contributed by atoms with Crippen molar-refractivity contribution in [2.75, 3.05) is 30.3 Å². The van der Waals surface area contributed by atoms with Gasteiger partial charge >= 0.3 is 12.2 Å². The molecule has 40 heavy (non-hydrogen) atoms. The molecule has 7 nitrogen and oxygen atoms in total. The quantitative estimate of drug-likeness (QED) is 0.226. The monoisotopic (exact) mass is 614 g/mol. The third-order valence-corrected chi connectivity index (χ3v) is 7.62. The van der Waals surface area contributed by atoms with E-state index in [0.717, 1.165) is 59.4 Å². The normalized spacial score (nSPS) is 15.8. The van der Waals surface area contributed by atoms with Gasteiger partial charge in [-0.1, -0.05) is 43.7 Å².